The van der Waals surface area contributed by atoms with Crippen LogP contribution in [0.15, 0.2) is 18.3 Å². The quantitative estimate of drug-likeness (QED) is 0.686. The lowest BCUT2D eigenvalue weighted by Crippen LogP contribution is -2.34. The van der Waals surface area contributed by atoms with Crippen molar-refractivity contribution in [1.82, 2.24) is 20.2 Å². The van der Waals surface area contributed by atoms with E-state index in [9.17, 15) is 10.1 Å². The highest BCUT2D eigenvalue weighted by molar-refractivity contribution is 5.57. The van der Waals surface area contributed by atoms with Gasteiger partial charge in [-0.05, 0) is 31.7 Å². The zero-order chi connectivity index (χ0) is 15.8. The molecule has 0 atom stereocenters. The minimum Gasteiger partial charge on any atom is -0.351 e. The van der Waals surface area contributed by atoms with Gasteiger partial charge in [-0.2, -0.15) is 5.10 Å². The molecule has 0 aromatic carbocycles. The number of hydrogen-bond acceptors (Lipinski definition) is 6. The van der Waals surface area contributed by atoms with Crippen LogP contribution in [0.5, 0.6) is 0 Å². The van der Waals surface area contributed by atoms with E-state index in [4.69, 9.17) is 0 Å². The minimum atomic E-state index is -0.368. The van der Waals surface area contributed by atoms with Crippen molar-refractivity contribution in [3.8, 4) is 0 Å². The summed E-state index contributed by atoms with van der Waals surface area (Å²) in [6, 6.07) is 3.11. The zero-order valence-corrected chi connectivity index (χ0v) is 12.7. The molecule has 0 bridgehead atoms. The molecule has 8 nitrogen and oxygen atoms in total. The van der Waals surface area contributed by atoms with Crippen molar-refractivity contribution in [1.29, 1.82) is 0 Å². The maximum absolute atomic E-state index is 11.1. The maximum atomic E-state index is 11.1. The Morgan fingerprint density at radius 1 is 1.22 bits per heavy atom. The van der Waals surface area contributed by atoms with E-state index in [1.807, 2.05) is 4.90 Å². The van der Waals surface area contributed by atoms with E-state index in [-0.39, 0.29) is 10.6 Å². The lowest BCUT2D eigenvalue weighted by molar-refractivity contribution is -0.384. The predicted molar refractivity (Wildman–Crippen MR) is 83.4 cm³/mol. The highest BCUT2D eigenvalue weighted by atomic mass is 16.6. The van der Waals surface area contributed by atoms with E-state index in [1.165, 1.54) is 18.9 Å². The van der Waals surface area contributed by atoms with E-state index in [0.29, 0.717) is 17.7 Å². The van der Waals surface area contributed by atoms with Crippen LogP contribution in [0.2, 0.25) is 0 Å². The van der Waals surface area contributed by atoms with Gasteiger partial charge in [0, 0.05) is 37.2 Å². The van der Waals surface area contributed by atoms with Gasteiger partial charge in [0.1, 0.15) is 5.82 Å². The normalized spacial score (nSPS) is 19.0. The molecule has 2 aromatic heterocycles. The van der Waals surface area contributed by atoms with Crippen molar-refractivity contribution in [2.75, 3.05) is 18.0 Å². The number of anilines is 1. The molecular weight excluding hydrogens is 296 g/mol. The molecule has 2 fully saturated rings. The van der Waals surface area contributed by atoms with Crippen LogP contribution in [-0.4, -0.2) is 38.2 Å². The second-order valence-electron chi connectivity index (χ2n) is 6.22. The van der Waals surface area contributed by atoms with E-state index < -0.39 is 0 Å². The summed E-state index contributed by atoms with van der Waals surface area (Å²) in [5, 5.41) is 18.5. The van der Waals surface area contributed by atoms with Crippen LogP contribution in [0, 0.1) is 10.1 Å². The summed E-state index contributed by atoms with van der Waals surface area (Å²) >= 11 is 0. The Kier molecular flexibility index (Phi) is 3.44. The summed E-state index contributed by atoms with van der Waals surface area (Å²) in [6.07, 6.45) is 5.78. The topological polar surface area (TPSA) is 101 Å². The second kappa shape index (κ2) is 5.60. The Labute approximate surface area is 133 Å². The number of aromatic amines is 1. The SMILES string of the molecule is O=[N+]([O-])c1cccnc1N1CCC(c2nc(C3CC3)n[nH]2)CC1. The van der Waals surface area contributed by atoms with Gasteiger partial charge in [-0.3, -0.25) is 15.2 Å². The lowest BCUT2D eigenvalue weighted by Gasteiger charge is -2.31. The molecule has 0 radical (unpaired) electrons. The minimum absolute atomic E-state index is 0.0710. The van der Waals surface area contributed by atoms with Crippen LogP contribution in [0.3, 0.4) is 0 Å². The van der Waals surface area contributed by atoms with Gasteiger partial charge in [0.05, 0.1) is 4.92 Å². The van der Waals surface area contributed by atoms with Crippen molar-refractivity contribution < 1.29 is 4.92 Å². The molecule has 3 heterocycles. The van der Waals surface area contributed by atoms with Crippen molar-refractivity contribution in [2.45, 2.75) is 37.5 Å². The first-order chi connectivity index (χ1) is 11.2. The third-order valence-electron chi connectivity index (χ3n) is 4.61. The zero-order valence-electron chi connectivity index (χ0n) is 12.7. The molecule has 1 saturated heterocycles. The Balaban J connectivity index is 1.45. The lowest BCUT2D eigenvalue weighted by atomic mass is 9.96. The summed E-state index contributed by atoms with van der Waals surface area (Å²) in [4.78, 5) is 21.6. The van der Waals surface area contributed by atoms with Crippen LogP contribution < -0.4 is 4.90 Å². The summed E-state index contributed by atoms with van der Waals surface area (Å²) in [6.45, 7) is 1.48. The molecule has 120 valence electrons. The molecule has 0 unspecified atom stereocenters. The summed E-state index contributed by atoms with van der Waals surface area (Å²) in [5.74, 6) is 3.27. The van der Waals surface area contributed by atoms with Crippen LogP contribution >= 0.6 is 0 Å². The number of aromatic nitrogens is 4. The fourth-order valence-corrected chi connectivity index (χ4v) is 3.13. The van der Waals surface area contributed by atoms with Gasteiger partial charge >= 0.3 is 5.69 Å². The van der Waals surface area contributed by atoms with Crippen molar-refractivity contribution >= 4 is 11.5 Å². The number of nitrogens with zero attached hydrogens (tertiary/aromatic N) is 5. The summed E-state index contributed by atoms with van der Waals surface area (Å²) in [7, 11) is 0. The Morgan fingerprint density at radius 3 is 2.70 bits per heavy atom. The van der Waals surface area contributed by atoms with Gasteiger partial charge in [0.25, 0.3) is 0 Å². The largest absolute Gasteiger partial charge is 0.351 e. The molecule has 1 aliphatic carbocycles. The number of pyridine rings is 1. The first-order valence-electron chi connectivity index (χ1n) is 7.99. The van der Waals surface area contributed by atoms with E-state index >= 15 is 0 Å². The van der Waals surface area contributed by atoms with Crippen LogP contribution in [0.1, 0.15) is 49.2 Å². The van der Waals surface area contributed by atoms with Gasteiger partial charge in [-0.1, -0.05) is 0 Å². The van der Waals surface area contributed by atoms with Crippen LogP contribution in [0.4, 0.5) is 11.5 Å². The van der Waals surface area contributed by atoms with Crippen molar-refractivity contribution in [3.63, 3.8) is 0 Å². The maximum Gasteiger partial charge on any atom is 0.311 e. The molecule has 2 aliphatic rings. The number of hydrogen-bond donors (Lipinski definition) is 1. The number of piperidine rings is 1. The Morgan fingerprint density at radius 2 is 2.00 bits per heavy atom. The fourth-order valence-electron chi connectivity index (χ4n) is 3.13. The molecule has 2 aromatic rings. The second-order valence-corrected chi connectivity index (χ2v) is 6.22. The summed E-state index contributed by atoms with van der Waals surface area (Å²) in [5.41, 5.74) is 0.0710. The molecule has 4 rings (SSSR count). The van der Waals surface area contributed by atoms with Gasteiger partial charge in [0.15, 0.2) is 5.82 Å². The number of nitro groups is 1. The summed E-state index contributed by atoms with van der Waals surface area (Å²) < 4.78 is 0. The fraction of sp³-hybridized carbons (Fsp3) is 0.533. The molecule has 23 heavy (non-hydrogen) atoms. The molecule has 8 heteroatoms. The molecule has 1 saturated carbocycles. The number of nitrogens with one attached hydrogen (secondary N) is 1. The van der Waals surface area contributed by atoms with Crippen molar-refractivity contribution in [3.05, 3.63) is 40.1 Å². The van der Waals surface area contributed by atoms with Crippen molar-refractivity contribution in [2.24, 2.45) is 0 Å². The highest BCUT2D eigenvalue weighted by Gasteiger charge is 2.31. The van der Waals surface area contributed by atoms with Gasteiger partial charge < -0.3 is 4.90 Å². The molecule has 1 N–H and O–H groups in total. The number of rotatable bonds is 4. The molecule has 1 aliphatic heterocycles. The number of H-pyrrole nitrogens is 1. The third-order valence-corrected chi connectivity index (χ3v) is 4.61. The smallest absolute Gasteiger partial charge is 0.311 e. The van der Waals surface area contributed by atoms with E-state index in [1.54, 1.807) is 12.3 Å². The Hall–Kier alpha value is -2.51. The molecule has 0 amide bonds. The van der Waals surface area contributed by atoms with Gasteiger partial charge in [-0.25, -0.2) is 9.97 Å². The monoisotopic (exact) mass is 314 g/mol. The Bertz CT molecular complexity index is 718. The van der Waals surface area contributed by atoms with Gasteiger partial charge in [-0.15, -0.1) is 0 Å². The first-order valence-corrected chi connectivity index (χ1v) is 7.99. The highest BCUT2D eigenvalue weighted by Crippen LogP contribution is 2.39. The average molecular weight is 314 g/mol. The van der Waals surface area contributed by atoms with Gasteiger partial charge in [0.2, 0.25) is 5.82 Å². The molecule has 0 spiro atoms. The molecular formula is C15H18N6O2. The van der Waals surface area contributed by atoms with Crippen LogP contribution in [0.25, 0.3) is 0 Å². The average Bonchev–Trinajstić information content (AvgIpc) is 3.32. The van der Waals surface area contributed by atoms with Crippen LogP contribution in [-0.2, 0) is 0 Å². The predicted octanol–water partition coefficient (Wildman–Crippen LogP) is 2.37. The van der Waals surface area contributed by atoms with E-state index in [0.717, 1.165) is 37.6 Å². The van der Waals surface area contributed by atoms with E-state index in [2.05, 4.69) is 20.2 Å². The standard InChI is InChI=1S/C15H18N6O2/c22-21(23)12-2-1-7-16-15(12)20-8-5-11(6-9-20)14-17-13(18-19-14)10-3-4-10/h1-2,7,10-11H,3-6,8-9H2,(H,17,18,19). The first kappa shape index (κ1) is 14.1. The third kappa shape index (κ3) is 2.76.